The van der Waals surface area contributed by atoms with E-state index in [4.69, 9.17) is 19.3 Å². The van der Waals surface area contributed by atoms with E-state index in [0.717, 1.165) is 21.7 Å². The Balaban J connectivity index is 1.74. The van der Waals surface area contributed by atoms with E-state index in [1.54, 1.807) is 24.8 Å². The summed E-state index contributed by atoms with van der Waals surface area (Å²) in [6, 6.07) is 17.2. The van der Waals surface area contributed by atoms with Gasteiger partial charge in [0.2, 0.25) is 0 Å². The van der Waals surface area contributed by atoms with Gasteiger partial charge in [-0.2, -0.15) is 10.4 Å². The van der Waals surface area contributed by atoms with Crippen LogP contribution in [0.1, 0.15) is 25.0 Å². The molecule has 0 N–H and O–H groups in total. The molecule has 2 heterocycles. The molecule has 0 bridgehead atoms. The van der Waals surface area contributed by atoms with Gasteiger partial charge in [-0.25, -0.2) is 4.68 Å². The zero-order chi connectivity index (χ0) is 29.5. The lowest BCUT2D eigenvalue weighted by molar-refractivity contribution is -0.142. The van der Waals surface area contributed by atoms with Crippen molar-refractivity contribution in [3.05, 3.63) is 82.6 Å². The number of carbonyl (C=O) groups excluding carboxylic acids is 3. The van der Waals surface area contributed by atoms with Gasteiger partial charge in [-0.3, -0.25) is 19.3 Å². The molecule has 0 aliphatic carbocycles. The van der Waals surface area contributed by atoms with Crippen molar-refractivity contribution in [1.29, 1.82) is 5.26 Å². The number of hydrogen-bond donors (Lipinski definition) is 0. The zero-order valence-electron chi connectivity index (χ0n) is 23.3. The number of aryl methyl sites for hydroxylation is 1. The Hall–Kier alpha value is -5.01. The highest BCUT2D eigenvalue weighted by Crippen LogP contribution is 2.33. The normalized spacial score (nSPS) is 14.4. The van der Waals surface area contributed by atoms with Crippen LogP contribution in [0.25, 0.3) is 23.0 Å². The van der Waals surface area contributed by atoms with Crippen molar-refractivity contribution in [2.45, 2.75) is 20.8 Å². The van der Waals surface area contributed by atoms with Crippen LogP contribution in [0.5, 0.6) is 5.75 Å². The van der Waals surface area contributed by atoms with Crippen molar-refractivity contribution in [3.8, 4) is 28.8 Å². The number of ether oxygens (including phenoxy) is 3. The van der Waals surface area contributed by atoms with Gasteiger partial charge in [0.25, 0.3) is 11.8 Å². The molecule has 0 saturated carbocycles. The van der Waals surface area contributed by atoms with Crippen molar-refractivity contribution < 1.29 is 28.6 Å². The van der Waals surface area contributed by atoms with Gasteiger partial charge in [0.1, 0.15) is 29.7 Å². The van der Waals surface area contributed by atoms with E-state index in [0.29, 0.717) is 22.6 Å². The number of aromatic nitrogens is 2. The summed E-state index contributed by atoms with van der Waals surface area (Å²) in [5, 5.41) is 14.6. The van der Waals surface area contributed by atoms with Gasteiger partial charge in [-0.1, -0.05) is 18.2 Å². The first kappa shape index (κ1) is 29.0. The Kier molecular flexibility index (Phi) is 9.12. The van der Waals surface area contributed by atoms with E-state index in [-0.39, 0.29) is 37.5 Å². The minimum atomic E-state index is -0.679. The summed E-state index contributed by atoms with van der Waals surface area (Å²) in [6.45, 7) is 4.96. The number of rotatable bonds is 10. The van der Waals surface area contributed by atoms with Crippen LogP contribution in [0.15, 0.2) is 71.4 Å². The van der Waals surface area contributed by atoms with Crippen LogP contribution >= 0.6 is 0 Å². The number of benzene rings is 2. The molecule has 1 aliphatic heterocycles. The number of carbonyl (C=O) groups is 3. The quantitative estimate of drug-likeness (QED) is 0.159. The Bertz CT molecular complexity index is 1580. The second-order valence-corrected chi connectivity index (χ2v) is 9.28. The summed E-state index contributed by atoms with van der Waals surface area (Å²) in [6.07, 6.45) is 3.48. The minimum Gasteiger partial charge on any atom is -0.497 e. The van der Waals surface area contributed by atoms with Crippen LogP contribution in [0, 0.1) is 18.3 Å². The van der Waals surface area contributed by atoms with Gasteiger partial charge in [0.15, 0.2) is 0 Å². The third kappa shape index (κ3) is 6.42. The van der Waals surface area contributed by atoms with Crippen molar-refractivity contribution in [1.82, 2.24) is 14.7 Å². The van der Waals surface area contributed by atoms with Crippen LogP contribution in [0.2, 0.25) is 0 Å². The molecule has 2 aromatic carbocycles. The monoisotopic (exact) mass is 554 g/mol. The topological polar surface area (TPSA) is 124 Å². The summed E-state index contributed by atoms with van der Waals surface area (Å²) in [5.74, 6) is -0.941. The maximum Gasteiger partial charge on any atom is 0.302 e. The number of esters is 1. The molecule has 10 heteroatoms. The summed E-state index contributed by atoms with van der Waals surface area (Å²) < 4.78 is 17.3. The molecule has 0 spiro atoms. The fraction of sp³-hybridized carbons (Fsp3) is 0.258. The Labute approximate surface area is 238 Å². The second kappa shape index (κ2) is 12.9. The first-order valence-electron chi connectivity index (χ1n) is 13.0. The van der Waals surface area contributed by atoms with Crippen LogP contribution < -0.4 is 4.74 Å². The molecule has 1 aromatic heterocycles. The first-order chi connectivity index (χ1) is 19.7. The molecule has 0 fully saturated rings. The molecule has 0 radical (unpaired) electrons. The average Bonchev–Trinajstić information content (AvgIpc) is 3.38. The average molecular weight is 555 g/mol. The van der Waals surface area contributed by atoms with E-state index in [2.05, 4.69) is 0 Å². The molecular weight excluding hydrogens is 524 g/mol. The van der Waals surface area contributed by atoms with Gasteiger partial charge >= 0.3 is 5.97 Å². The molecule has 210 valence electrons. The number of methoxy groups -OCH3 is 1. The number of nitrogens with zero attached hydrogens (tertiary/aromatic N) is 4. The first-order valence-corrected chi connectivity index (χ1v) is 13.0. The van der Waals surface area contributed by atoms with E-state index in [1.807, 2.05) is 67.7 Å². The summed E-state index contributed by atoms with van der Waals surface area (Å²) >= 11 is 0. The van der Waals surface area contributed by atoms with Crippen LogP contribution in [0.3, 0.4) is 0 Å². The molecule has 1 aliphatic rings. The third-order valence-electron chi connectivity index (χ3n) is 6.57. The lowest BCUT2D eigenvalue weighted by Crippen LogP contribution is -2.44. The summed E-state index contributed by atoms with van der Waals surface area (Å²) in [4.78, 5) is 38.5. The molecule has 4 rings (SSSR count). The Morgan fingerprint density at radius 2 is 1.80 bits per heavy atom. The predicted molar refractivity (Wildman–Crippen MR) is 151 cm³/mol. The van der Waals surface area contributed by atoms with Crippen molar-refractivity contribution in [3.63, 3.8) is 0 Å². The Morgan fingerprint density at radius 3 is 2.46 bits per heavy atom. The van der Waals surface area contributed by atoms with Crippen molar-refractivity contribution in [2.75, 3.05) is 33.5 Å². The maximum absolute atomic E-state index is 13.6. The molecule has 3 aromatic rings. The second-order valence-electron chi connectivity index (χ2n) is 9.28. The standard InChI is InChI=1S/C31H30N4O6/c1-20-16-25(39-4)10-11-26(20)29-23(19-35(33-29)24-8-6-5-7-9-24)17-27-21(2)28(18-32)31(38)34(30(27)37)12-13-40-14-15-41-22(3)36/h5-11,16-17,19H,12-15H2,1-4H3/b27-17+. The fourth-order valence-corrected chi connectivity index (χ4v) is 4.43. The largest absolute Gasteiger partial charge is 0.497 e. The number of nitriles is 1. The molecule has 0 atom stereocenters. The van der Waals surface area contributed by atoms with E-state index in [9.17, 15) is 19.6 Å². The van der Waals surface area contributed by atoms with Crippen LogP contribution in [-0.2, 0) is 23.9 Å². The van der Waals surface area contributed by atoms with Gasteiger partial charge in [0, 0.05) is 29.8 Å². The van der Waals surface area contributed by atoms with Gasteiger partial charge in [0.05, 0.1) is 32.6 Å². The van der Waals surface area contributed by atoms with Gasteiger partial charge in [-0.05, 0) is 61.4 Å². The van der Waals surface area contributed by atoms with E-state index >= 15 is 0 Å². The third-order valence-corrected chi connectivity index (χ3v) is 6.57. The number of amides is 2. The predicted octanol–water partition coefficient (Wildman–Crippen LogP) is 4.03. The molecule has 0 saturated heterocycles. The maximum atomic E-state index is 13.6. The molecule has 2 amide bonds. The molecule has 41 heavy (non-hydrogen) atoms. The van der Waals surface area contributed by atoms with Crippen LogP contribution in [-0.4, -0.2) is 65.9 Å². The lowest BCUT2D eigenvalue weighted by Gasteiger charge is -2.27. The number of imide groups is 1. The Morgan fingerprint density at radius 1 is 1.05 bits per heavy atom. The van der Waals surface area contributed by atoms with E-state index in [1.165, 1.54) is 6.92 Å². The highest BCUT2D eigenvalue weighted by Gasteiger charge is 2.35. The summed E-state index contributed by atoms with van der Waals surface area (Å²) in [7, 11) is 1.60. The number of para-hydroxylation sites is 1. The van der Waals surface area contributed by atoms with Gasteiger partial charge in [-0.15, -0.1) is 0 Å². The smallest absolute Gasteiger partial charge is 0.302 e. The highest BCUT2D eigenvalue weighted by molar-refractivity contribution is 6.19. The highest BCUT2D eigenvalue weighted by atomic mass is 16.6. The van der Waals surface area contributed by atoms with Crippen LogP contribution in [0.4, 0.5) is 0 Å². The van der Waals surface area contributed by atoms with Crippen molar-refractivity contribution >= 4 is 23.9 Å². The molecule has 10 nitrogen and oxygen atoms in total. The fourth-order valence-electron chi connectivity index (χ4n) is 4.43. The summed E-state index contributed by atoms with van der Waals surface area (Å²) in [5.41, 5.74) is 4.23. The van der Waals surface area contributed by atoms with E-state index < -0.39 is 17.8 Å². The van der Waals surface area contributed by atoms with Gasteiger partial charge < -0.3 is 14.2 Å². The minimum absolute atomic E-state index is 0.0199. The molecular formula is C31H30N4O6. The number of hydrogen-bond acceptors (Lipinski definition) is 8. The van der Waals surface area contributed by atoms with Crippen molar-refractivity contribution in [2.24, 2.45) is 0 Å². The molecule has 0 unspecified atom stereocenters. The SMILES string of the molecule is COc1ccc(-c2nn(-c3ccccc3)cc2/C=C2/C(=O)N(CCOCCOC(C)=O)C(=O)C(C#N)=C2C)c(C)c1. The lowest BCUT2D eigenvalue weighted by atomic mass is 9.93. The zero-order valence-corrected chi connectivity index (χ0v) is 23.3.